The Bertz CT molecular complexity index is 827. The van der Waals surface area contributed by atoms with Crippen LogP contribution in [0.1, 0.15) is 56.8 Å². The van der Waals surface area contributed by atoms with Gasteiger partial charge in [0.1, 0.15) is 0 Å². The molecule has 4 rings (SSSR count). The highest BCUT2D eigenvalue weighted by Crippen LogP contribution is 2.49. The molecule has 2 N–H and O–H groups in total. The summed E-state index contributed by atoms with van der Waals surface area (Å²) in [7, 11) is 0. The van der Waals surface area contributed by atoms with Crippen LogP contribution in [-0.2, 0) is 11.3 Å². The van der Waals surface area contributed by atoms with Gasteiger partial charge in [0, 0.05) is 42.3 Å². The van der Waals surface area contributed by atoms with Gasteiger partial charge in [0.2, 0.25) is 5.91 Å². The summed E-state index contributed by atoms with van der Waals surface area (Å²) in [5.74, 6) is -0.0191. The number of aliphatic hydroxyl groups excluding tert-OH is 1. The van der Waals surface area contributed by atoms with Crippen LogP contribution in [0.3, 0.4) is 0 Å². The van der Waals surface area contributed by atoms with E-state index in [1.165, 1.54) is 6.42 Å². The van der Waals surface area contributed by atoms with Crippen molar-refractivity contribution >= 4 is 12.0 Å². The Morgan fingerprint density at radius 1 is 1.36 bits per heavy atom. The molecule has 0 aromatic carbocycles. The smallest absolute Gasteiger partial charge is 0.258 e. The SMILES string of the molecule is C/C=C\c1ccc2n(c1=O)C[C@H]1[C@H](CO)[C@@H](C(=O)NC3CCC3)N(CCC)[C@@H]21. The van der Waals surface area contributed by atoms with E-state index in [1.807, 2.05) is 35.8 Å². The fourth-order valence-electron chi connectivity index (χ4n) is 5.29. The van der Waals surface area contributed by atoms with Crippen LogP contribution in [0.2, 0.25) is 0 Å². The monoisotopic (exact) mass is 385 g/mol. The molecule has 1 aromatic rings. The normalized spacial score (nSPS) is 29.7. The maximum absolute atomic E-state index is 13.1. The molecule has 0 radical (unpaired) electrons. The molecule has 1 saturated carbocycles. The molecule has 1 saturated heterocycles. The second kappa shape index (κ2) is 7.84. The van der Waals surface area contributed by atoms with Gasteiger partial charge in [-0.1, -0.05) is 19.1 Å². The Balaban J connectivity index is 1.70. The van der Waals surface area contributed by atoms with E-state index in [0.717, 1.165) is 31.5 Å². The van der Waals surface area contributed by atoms with Crippen LogP contribution >= 0.6 is 0 Å². The van der Waals surface area contributed by atoms with E-state index in [0.29, 0.717) is 12.1 Å². The van der Waals surface area contributed by atoms with Crippen molar-refractivity contribution in [2.45, 2.75) is 64.2 Å². The highest BCUT2D eigenvalue weighted by Gasteiger charge is 2.55. The molecule has 3 aliphatic rings. The number of pyridine rings is 1. The van der Waals surface area contributed by atoms with E-state index in [1.54, 1.807) is 0 Å². The molecule has 2 fully saturated rings. The first-order chi connectivity index (χ1) is 13.6. The highest BCUT2D eigenvalue weighted by molar-refractivity contribution is 5.83. The summed E-state index contributed by atoms with van der Waals surface area (Å²) < 4.78 is 1.86. The molecule has 0 bridgehead atoms. The lowest BCUT2D eigenvalue weighted by Gasteiger charge is -2.34. The van der Waals surface area contributed by atoms with Crippen molar-refractivity contribution in [1.29, 1.82) is 0 Å². The van der Waals surface area contributed by atoms with Crippen LogP contribution in [-0.4, -0.2) is 45.7 Å². The van der Waals surface area contributed by atoms with Gasteiger partial charge in [-0.3, -0.25) is 14.5 Å². The minimum atomic E-state index is -0.320. The van der Waals surface area contributed by atoms with Crippen LogP contribution in [0.15, 0.2) is 23.0 Å². The second-order valence-electron chi connectivity index (χ2n) is 8.40. The lowest BCUT2D eigenvalue weighted by Crippen LogP contribution is -2.52. The van der Waals surface area contributed by atoms with Gasteiger partial charge in [-0.05, 0) is 51.3 Å². The predicted molar refractivity (Wildman–Crippen MR) is 109 cm³/mol. The van der Waals surface area contributed by atoms with E-state index < -0.39 is 0 Å². The molecular formula is C22H31N3O3. The van der Waals surface area contributed by atoms with Gasteiger partial charge >= 0.3 is 0 Å². The number of hydrogen-bond donors (Lipinski definition) is 2. The number of nitrogens with zero attached hydrogens (tertiary/aromatic N) is 2. The van der Waals surface area contributed by atoms with Crippen molar-refractivity contribution in [3.63, 3.8) is 0 Å². The van der Waals surface area contributed by atoms with Gasteiger partial charge < -0.3 is 15.0 Å². The van der Waals surface area contributed by atoms with Crippen LogP contribution < -0.4 is 10.9 Å². The molecule has 6 heteroatoms. The van der Waals surface area contributed by atoms with Crippen molar-refractivity contribution in [3.05, 3.63) is 39.8 Å². The molecule has 6 nitrogen and oxygen atoms in total. The number of aliphatic hydroxyl groups is 1. The molecule has 1 aliphatic carbocycles. The molecule has 0 spiro atoms. The lowest BCUT2D eigenvalue weighted by molar-refractivity contribution is -0.129. The van der Waals surface area contributed by atoms with Crippen molar-refractivity contribution in [1.82, 2.24) is 14.8 Å². The number of carbonyl (C=O) groups excluding carboxylic acids is 1. The van der Waals surface area contributed by atoms with E-state index in [9.17, 15) is 14.7 Å². The largest absolute Gasteiger partial charge is 0.396 e. The van der Waals surface area contributed by atoms with Gasteiger partial charge in [-0.15, -0.1) is 0 Å². The predicted octanol–water partition coefficient (Wildman–Crippen LogP) is 1.92. The van der Waals surface area contributed by atoms with Crippen LogP contribution in [0.4, 0.5) is 0 Å². The van der Waals surface area contributed by atoms with Crippen LogP contribution in [0.5, 0.6) is 0 Å². The average molecular weight is 386 g/mol. The quantitative estimate of drug-likeness (QED) is 0.785. The highest BCUT2D eigenvalue weighted by atomic mass is 16.3. The standard InChI is InChI=1S/C22H31N3O3/c1-3-6-14-9-10-18-19-16(12-25(18)22(14)28)17(13-26)20(24(19)11-4-2)21(27)23-15-7-5-8-15/h3,6,9-10,15-17,19-20,26H,4-5,7-8,11-13H2,1-2H3,(H,23,27)/b6-3-/t16-,17-,19+,20-/m0/s1. The summed E-state index contributed by atoms with van der Waals surface area (Å²) in [6, 6.07) is 3.90. The first kappa shape index (κ1) is 19.4. The van der Waals surface area contributed by atoms with Gasteiger partial charge in [0.25, 0.3) is 5.56 Å². The third-order valence-electron chi connectivity index (χ3n) is 6.77. The summed E-state index contributed by atoms with van der Waals surface area (Å²) in [6.45, 7) is 5.34. The van der Waals surface area contributed by atoms with E-state index in [-0.39, 0.29) is 48.0 Å². The van der Waals surface area contributed by atoms with Gasteiger partial charge in [-0.2, -0.15) is 0 Å². The number of fused-ring (bicyclic) bond motifs is 3. The number of aromatic nitrogens is 1. The zero-order valence-electron chi connectivity index (χ0n) is 16.8. The van der Waals surface area contributed by atoms with E-state index >= 15 is 0 Å². The Kier molecular flexibility index (Phi) is 5.43. The maximum atomic E-state index is 13.1. The van der Waals surface area contributed by atoms with Crippen molar-refractivity contribution in [2.24, 2.45) is 11.8 Å². The van der Waals surface area contributed by atoms with Crippen LogP contribution in [0, 0.1) is 11.8 Å². The zero-order chi connectivity index (χ0) is 19.8. The lowest BCUT2D eigenvalue weighted by atomic mass is 9.87. The molecule has 28 heavy (non-hydrogen) atoms. The molecule has 152 valence electrons. The topological polar surface area (TPSA) is 74.6 Å². The molecule has 0 unspecified atom stereocenters. The Morgan fingerprint density at radius 3 is 2.75 bits per heavy atom. The third kappa shape index (κ3) is 3.03. The number of rotatable bonds is 6. The van der Waals surface area contributed by atoms with Crippen molar-refractivity contribution in [3.8, 4) is 0 Å². The minimum Gasteiger partial charge on any atom is -0.396 e. The first-order valence-corrected chi connectivity index (χ1v) is 10.6. The zero-order valence-corrected chi connectivity index (χ0v) is 16.8. The number of likely N-dealkylation sites (tertiary alicyclic amines) is 1. The molecule has 3 heterocycles. The fourth-order valence-corrected chi connectivity index (χ4v) is 5.29. The molecule has 1 aromatic heterocycles. The number of amides is 1. The van der Waals surface area contributed by atoms with E-state index in [4.69, 9.17) is 0 Å². The Labute approximate surface area is 166 Å². The number of carbonyl (C=O) groups is 1. The number of allylic oxidation sites excluding steroid dienone is 1. The maximum Gasteiger partial charge on any atom is 0.258 e. The van der Waals surface area contributed by atoms with Gasteiger partial charge in [0.05, 0.1) is 12.1 Å². The van der Waals surface area contributed by atoms with Crippen molar-refractivity contribution in [2.75, 3.05) is 13.2 Å². The van der Waals surface area contributed by atoms with Gasteiger partial charge in [-0.25, -0.2) is 0 Å². The summed E-state index contributed by atoms with van der Waals surface area (Å²) in [4.78, 5) is 28.3. The molecular weight excluding hydrogens is 354 g/mol. The van der Waals surface area contributed by atoms with Crippen molar-refractivity contribution < 1.29 is 9.90 Å². The Morgan fingerprint density at radius 2 is 2.14 bits per heavy atom. The average Bonchev–Trinajstić information content (AvgIpc) is 3.16. The summed E-state index contributed by atoms with van der Waals surface area (Å²) in [5.41, 5.74) is 1.69. The number of hydrogen-bond acceptors (Lipinski definition) is 4. The fraction of sp³-hybridized carbons (Fsp3) is 0.636. The van der Waals surface area contributed by atoms with E-state index in [2.05, 4.69) is 17.1 Å². The third-order valence-corrected chi connectivity index (χ3v) is 6.77. The summed E-state index contributed by atoms with van der Waals surface area (Å²) in [5, 5.41) is 13.4. The second-order valence-corrected chi connectivity index (χ2v) is 8.40. The molecule has 2 aliphatic heterocycles. The summed E-state index contributed by atoms with van der Waals surface area (Å²) >= 11 is 0. The minimum absolute atomic E-state index is 0.0154. The summed E-state index contributed by atoms with van der Waals surface area (Å²) in [6.07, 6.45) is 7.92. The van der Waals surface area contributed by atoms with Crippen LogP contribution in [0.25, 0.3) is 6.08 Å². The molecule has 1 amide bonds. The van der Waals surface area contributed by atoms with Gasteiger partial charge in [0.15, 0.2) is 0 Å². The molecule has 4 atom stereocenters. The Hall–Kier alpha value is -1.92. The first-order valence-electron chi connectivity index (χ1n) is 10.6. The number of nitrogens with one attached hydrogen (secondary N) is 1.